The zero-order chi connectivity index (χ0) is 19.6. The first-order chi connectivity index (χ1) is 14.1. The Bertz CT molecular complexity index is 1400. The van der Waals surface area contributed by atoms with Crippen LogP contribution < -0.4 is 0 Å². The molecule has 1 fully saturated rings. The maximum atomic E-state index is 13.0. The largest absolute Gasteiger partial charge is 0.379 e. The lowest BCUT2D eigenvalue weighted by atomic mass is 10.0. The van der Waals surface area contributed by atoms with Crippen molar-refractivity contribution in [2.45, 2.75) is 4.90 Å². The van der Waals surface area contributed by atoms with E-state index in [9.17, 15) is 8.42 Å². The second-order valence-corrected chi connectivity index (χ2v) is 9.23. The molecule has 1 aliphatic heterocycles. The van der Waals surface area contributed by atoms with Crippen molar-refractivity contribution in [3.63, 3.8) is 0 Å². The molecule has 0 radical (unpaired) electrons. The SMILES string of the molecule is O=S(=O)(c1ccc2nc3c(nc2c1)-c1cccc2cccc-3c12)N1CCOCC1. The average Bonchev–Trinajstić information content (AvgIpc) is 3.07. The lowest BCUT2D eigenvalue weighted by Gasteiger charge is -2.26. The molecule has 3 aromatic carbocycles. The van der Waals surface area contributed by atoms with E-state index in [1.807, 2.05) is 18.2 Å². The number of nitrogens with zero attached hydrogens (tertiary/aromatic N) is 3. The Balaban J connectivity index is 1.53. The van der Waals surface area contributed by atoms with E-state index in [4.69, 9.17) is 14.7 Å². The first kappa shape index (κ1) is 17.0. The molecule has 4 aromatic rings. The summed E-state index contributed by atoms with van der Waals surface area (Å²) < 4.78 is 32.8. The molecule has 1 saturated heterocycles. The Morgan fingerprint density at radius 2 is 1.48 bits per heavy atom. The van der Waals surface area contributed by atoms with Crippen molar-refractivity contribution in [3.8, 4) is 22.5 Å². The van der Waals surface area contributed by atoms with Gasteiger partial charge >= 0.3 is 0 Å². The summed E-state index contributed by atoms with van der Waals surface area (Å²) in [6.45, 7) is 1.58. The molecule has 2 heterocycles. The lowest BCUT2D eigenvalue weighted by Crippen LogP contribution is -2.40. The third-order valence-corrected chi connectivity index (χ3v) is 7.55. The van der Waals surface area contributed by atoms with Crippen molar-refractivity contribution in [2.75, 3.05) is 26.3 Å². The molecular formula is C22H17N3O3S. The molecule has 29 heavy (non-hydrogen) atoms. The van der Waals surface area contributed by atoms with Gasteiger partial charge in [-0.05, 0) is 23.6 Å². The third-order valence-electron chi connectivity index (χ3n) is 5.66. The molecule has 0 unspecified atom stereocenters. The summed E-state index contributed by atoms with van der Waals surface area (Å²) in [7, 11) is -3.58. The molecular weight excluding hydrogens is 386 g/mol. The van der Waals surface area contributed by atoms with Crippen molar-refractivity contribution < 1.29 is 13.2 Å². The van der Waals surface area contributed by atoms with E-state index < -0.39 is 10.0 Å². The zero-order valence-corrected chi connectivity index (χ0v) is 16.3. The number of sulfonamides is 1. The first-order valence-electron chi connectivity index (χ1n) is 9.55. The van der Waals surface area contributed by atoms with E-state index in [2.05, 4.69) is 18.2 Å². The number of aromatic nitrogens is 2. The van der Waals surface area contributed by atoms with Gasteiger partial charge in [-0.15, -0.1) is 0 Å². The fourth-order valence-corrected chi connectivity index (χ4v) is 5.67. The van der Waals surface area contributed by atoms with Crippen molar-refractivity contribution >= 4 is 31.8 Å². The second kappa shape index (κ2) is 6.06. The number of ether oxygens (including phenoxy) is 1. The Morgan fingerprint density at radius 1 is 0.828 bits per heavy atom. The molecule has 6 rings (SSSR count). The van der Waals surface area contributed by atoms with E-state index in [0.29, 0.717) is 37.3 Å². The fraction of sp³-hybridized carbons (Fsp3) is 0.182. The molecule has 0 spiro atoms. The van der Waals surface area contributed by atoms with E-state index in [0.717, 1.165) is 33.3 Å². The van der Waals surface area contributed by atoms with Crippen molar-refractivity contribution in [1.29, 1.82) is 0 Å². The van der Waals surface area contributed by atoms with Crippen LogP contribution >= 0.6 is 0 Å². The lowest BCUT2D eigenvalue weighted by molar-refractivity contribution is 0.0730. The quantitative estimate of drug-likeness (QED) is 0.451. The van der Waals surface area contributed by atoms with E-state index in [1.54, 1.807) is 18.2 Å². The summed E-state index contributed by atoms with van der Waals surface area (Å²) in [6, 6.07) is 17.3. The van der Waals surface area contributed by atoms with Gasteiger partial charge < -0.3 is 4.74 Å². The van der Waals surface area contributed by atoms with Crippen LogP contribution in [0.5, 0.6) is 0 Å². The van der Waals surface area contributed by atoms with Crippen LogP contribution in [0.25, 0.3) is 44.3 Å². The van der Waals surface area contributed by atoms with Crippen molar-refractivity contribution in [1.82, 2.24) is 14.3 Å². The van der Waals surface area contributed by atoms with Crippen LogP contribution in [-0.4, -0.2) is 49.0 Å². The standard InChI is InChI=1S/C22H17N3O3S/c26-29(27,25-9-11-28-12-10-25)15-7-8-18-19(13-15)24-22-17-6-2-4-14-3-1-5-16(20(14)17)21(22)23-18/h1-8,13H,9-12H2. The summed E-state index contributed by atoms with van der Waals surface area (Å²) >= 11 is 0. The minimum Gasteiger partial charge on any atom is -0.379 e. The number of fused-ring (bicyclic) bond motifs is 4. The van der Waals surface area contributed by atoms with Crippen LogP contribution in [0.2, 0.25) is 0 Å². The number of benzene rings is 3. The van der Waals surface area contributed by atoms with Gasteiger partial charge in [0, 0.05) is 29.6 Å². The van der Waals surface area contributed by atoms with Gasteiger partial charge in [-0.1, -0.05) is 36.4 Å². The zero-order valence-electron chi connectivity index (χ0n) is 15.5. The van der Waals surface area contributed by atoms with E-state index in [1.165, 1.54) is 4.31 Å². The highest BCUT2D eigenvalue weighted by Gasteiger charge is 2.28. The minimum absolute atomic E-state index is 0.245. The summed E-state index contributed by atoms with van der Waals surface area (Å²) in [5, 5.41) is 2.31. The summed E-state index contributed by atoms with van der Waals surface area (Å²) in [5.74, 6) is 0. The molecule has 2 aliphatic rings. The highest BCUT2D eigenvalue weighted by Crippen LogP contribution is 2.45. The van der Waals surface area contributed by atoms with Gasteiger partial charge in [0.25, 0.3) is 0 Å². The van der Waals surface area contributed by atoms with Crippen LogP contribution in [-0.2, 0) is 14.8 Å². The Kier molecular flexibility index (Phi) is 3.56. The topological polar surface area (TPSA) is 72.4 Å². The summed E-state index contributed by atoms with van der Waals surface area (Å²) in [5.41, 5.74) is 5.06. The molecule has 1 aromatic heterocycles. The third kappa shape index (κ3) is 2.45. The number of hydrogen-bond acceptors (Lipinski definition) is 5. The normalized spacial score (nSPS) is 16.4. The van der Waals surface area contributed by atoms with Gasteiger partial charge in [0.2, 0.25) is 10.0 Å². The van der Waals surface area contributed by atoms with Gasteiger partial charge in [-0.2, -0.15) is 4.31 Å². The smallest absolute Gasteiger partial charge is 0.243 e. The highest BCUT2D eigenvalue weighted by molar-refractivity contribution is 7.89. The van der Waals surface area contributed by atoms with E-state index >= 15 is 0 Å². The monoisotopic (exact) mass is 403 g/mol. The molecule has 0 bridgehead atoms. The van der Waals surface area contributed by atoms with Crippen LogP contribution in [0, 0.1) is 0 Å². The van der Waals surface area contributed by atoms with Crippen LogP contribution in [0.4, 0.5) is 0 Å². The number of rotatable bonds is 2. The summed E-state index contributed by atoms with van der Waals surface area (Å²) in [6.07, 6.45) is 0. The maximum absolute atomic E-state index is 13.0. The molecule has 0 atom stereocenters. The van der Waals surface area contributed by atoms with Gasteiger partial charge in [0.05, 0.1) is 40.5 Å². The summed E-state index contributed by atoms with van der Waals surface area (Å²) in [4.78, 5) is 9.93. The van der Waals surface area contributed by atoms with Crippen LogP contribution in [0.1, 0.15) is 0 Å². The average molecular weight is 403 g/mol. The van der Waals surface area contributed by atoms with Gasteiger partial charge in [-0.25, -0.2) is 18.4 Å². The van der Waals surface area contributed by atoms with Crippen molar-refractivity contribution in [3.05, 3.63) is 54.6 Å². The fourth-order valence-electron chi connectivity index (χ4n) is 4.24. The first-order valence-corrected chi connectivity index (χ1v) is 11.0. The molecule has 144 valence electrons. The molecule has 6 nitrogen and oxygen atoms in total. The van der Waals surface area contributed by atoms with Gasteiger partial charge in [-0.3, -0.25) is 0 Å². The number of hydrogen-bond donors (Lipinski definition) is 0. The molecule has 0 saturated carbocycles. The predicted octanol–water partition coefficient (Wildman–Crippen LogP) is 3.45. The predicted molar refractivity (Wildman–Crippen MR) is 111 cm³/mol. The van der Waals surface area contributed by atoms with Gasteiger partial charge in [0.1, 0.15) is 0 Å². The van der Waals surface area contributed by atoms with Gasteiger partial charge in [0.15, 0.2) is 0 Å². The van der Waals surface area contributed by atoms with Crippen molar-refractivity contribution in [2.24, 2.45) is 0 Å². The highest BCUT2D eigenvalue weighted by atomic mass is 32.2. The number of morpholine rings is 1. The molecule has 7 heteroatoms. The van der Waals surface area contributed by atoms with Crippen LogP contribution in [0.15, 0.2) is 59.5 Å². The molecule has 0 N–H and O–H groups in total. The Morgan fingerprint density at radius 3 is 2.17 bits per heavy atom. The second-order valence-electron chi connectivity index (χ2n) is 7.30. The Hall–Kier alpha value is -2.87. The van der Waals surface area contributed by atoms with E-state index in [-0.39, 0.29) is 4.90 Å². The molecule has 0 amide bonds. The maximum Gasteiger partial charge on any atom is 0.243 e. The minimum atomic E-state index is -3.58. The Labute approximate surface area is 167 Å². The molecule has 1 aliphatic carbocycles. The van der Waals surface area contributed by atoms with Crippen LogP contribution in [0.3, 0.4) is 0 Å².